The number of amides is 2. The Bertz CT molecular complexity index is 647. The standard InChI is InChI=1S/C18H22N2O2/c21-17(14-8-9-14)10-11-19-18(22)20-12-15-6-3-5-13-4-1-2-7-16(13)15/h1-7,14,17,21H,8-12H2,(H2,19,20,22)/t17-/m0/s1. The smallest absolute Gasteiger partial charge is 0.315 e. The Morgan fingerprint density at radius 2 is 1.91 bits per heavy atom. The van der Waals surface area contributed by atoms with E-state index >= 15 is 0 Å². The SMILES string of the molecule is O=C(NCC[C@H](O)C1CC1)NCc1cccc2ccccc12. The third-order valence-electron chi connectivity index (χ3n) is 4.21. The molecule has 3 rings (SSSR count). The highest BCUT2D eigenvalue weighted by atomic mass is 16.3. The molecule has 0 unspecified atom stereocenters. The van der Waals surface area contributed by atoms with E-state index in [0.29, 0.717) is 25.4 Å². The normalized spacial score (nSPS) is 15.5. The molecule has 3 N–H and O–H groups in total. The summed E-state index contributed by atoms with van der Waals surface area (Å²) in [7, 11) is 0. The number of urea groups is 1. The molecule has 1 fully saturated rings. The number of carbonyl (C=O) groups is 1. The van der Waals surface area contributed by atoms with Crippen molar-refractivity contribution in [3.63, 3.8) is 0 Å². The summed E-state index contributed by atoms with van der Waals surface area (Å²) in [4.78, 5) is 11.8. The maximum atomic E-state index is 11.8. The van der Waals surface area contributed by atoms with Gasteiger partial charge in [-0.05, 0) is 41.5 Å². The molecule has 1 saturated carbocycles. The second kappa shape index (κ2) is 6.79. The van der Waals surface area contributed by atoms with Gasteiger partial charge in [0.25, 0.3) is 0 Å². The van der Waals surface area contributed by atoms with E-state index in [1.54, 1.807) is 0 Å². The summed E-state index contributed by atoms with van der Waals surface area (Å²) in [6.45, 7) is 1.01. The molecule has 0 bridgehead atoms. The van der Waals surface area contributed by atoms with Gasteiger partial charge in [0.1, 0.15) is 0 Å². The lowest BCUT2D eigenvalue weighted by Gasteiger charge is -2.12. The summed E-state index contributed by atoms with van der Waals surface area (Å²) >= 11 is 0. The first-order valence-electron chi connectivity index (χ1n) is 7.90. The van der Waals surface area contributed by atoms with Gasteiger partial charge in [0, 0.05) is 13.1 Å². The van der Waals surface area contributed by atoms with Gasteiger partial charge in [-0.1, -0.05) is 42.5 Å². The topological polar surface area (TPSA) is 61.4 Å². The van der Waals surface area contributed by atoms with Crippen LogP contribution in [0.1, 0.15) is 24.8 Å². The molecular weight excluding hydrogens is 276 g/mol. The summed E-state index contributed by atoms with van der Waals surface area (Å²) in [5.74, 6) is 0.459. The molecule has 0 heterocycles. The number of rotatable bonds is 6. The Morgan fingerprint density at radius 3 is 2.73 bits per heavy atom. The summed E-state index contributed by atoms with van der Waals surface area (Å²) in [6, 6.07) is 14.1. The minimum Gasteiger partial charge on any atom is -0.393 e. The minimum atomic E-state index is -0.265. The van der Waals surface area contributed by atoms with Gasteiger partial charge in [0.15, 0.2) is 0 Å². The fourth-order valence-corrected chi connectivity index (χ4v) is 2.73. The van der Waals surface area contributed by atoms with Crippen molar-refractivity contribution >= 4 is 16.8 Å². The second-order valence-corrected chi connectivity index (χ2v) is 5.94. The van der Waals surface area contributed by atoms with E-state index in [1.807, 2.05) is 24.3 Å². The molecule has 1 atom stereocenters. The summed E-state index contributed by atoms with van der Waals surface area (Å²) < 4.78 is 0. The lowest BCUT2D eigenvalue weighted by Crippen LogP contribution is -2.36. The monoisotopic (exact) mass is 298 g/mol. The van der Waals surface area contributed by atoms with Crippen LogP contribution >= 0.6 is 0 Å². The Labute approximate surface area is 130 Å². The van der Waals surface area contributed by atoms with Crippen LogP contribution in [-0.2, 0) is 6.54 Å². The van der Waals surface area contributed by atoms with Crippen molar-refractivity contribution in [1.29, 1.82) is 0 Å². The van der Waals surface area contributed by atoms with Crippen LogP contribution in [0, 0.1) is 5.92 Å². The van der Waals surface area contributed by atoms with Crippen molar-refractivity contribution in [2.75, 3.05) is 6.54 Å². The highest BCUT2D eigenvalue weighted by Crippen LogP contribution is 2.33. The molecule has 4 heteroatoms. The van der Waals surface area contributed by atoms with E-state index in [2.05, 4.69) is 28.8 Å². The zero-order valence-corrected chi connectivity index (χ0v) is 12.6. The number of benzene rings is 2. The predicted octanol–water partition coefficient (Wildman–Crippen LogP) is 2.80. The lowest BCUT2D eigenvalue weighted by molar-refractivity contribution is 0.141. The van der Waals surface area contributed by atoms with Crippen molar-refractivity contribution < 1.29 is 9.90 Å². The van der Waals surface area contributed by atoms with Gasteiger partial charge in [-0.15, -0.1) is 0 Å². The molecule has 22 heavy (non-hydrogen) atoms. The third-order valence-corrected chi connectivity index (χ3v) is 4.21. The molecule has 4 nitrogen and oxygen atoms in total. The molecule has 116 valence electrons. The van der Waals surface area contributed by atoms with Crippen LogP contribution in [0.2, 0.25) is 0 Å². The summed E-state index contributed by atoms with van der Waals surface area (Å²) in [5, 5.41) is 17.8. The van der Waals surface area contributed by atoms with Crippen molar-refractivity contribution in [2.45, 2.75) is 31.9 Å². The maximum absolute atomic E-state index is 11.8. The molecule has 2 aromatic rings. The van der Waals surface area contributed by atoms with Crippen molar-refractivity contribution in [1.82, 2.24) is 10.6 Å². The number of fused-ring (bicyclic) bond motifs is 1. The number of hydrogen-bond donors (Lipinski definition) is 3. The highest BCUT2D eigenvalue weighted by Gasteiger charge is 2.29. The van der Waals surface area contributed by atoms with Gasteiger partial charge in [-0.25, -0.2) is 4.79 Å². The van der Waals surface area contributed by atoms with Crippen LogP contribution in [0.25, 0.3) is 10.8 Å². The van der Waals surface area contributed by atoms with Crippen molar-refractivity contribution in [3.05, 3.63) is 48.0 Å². The maximum Gasteiger partial charge on any atom is 0.315 e. The molecule has 1 aliphatic carbocycles. The largest absolute Gasteiger partial charge is 0.393 e. The predicted molar refractivity (Wildman–Crippen MR) is 87.5 cm³/mol. The Balaban J connectivity index is 1.47. The first kappa shape index (κ1) is 14.9. The molecule has 1 aliphatic rings. The van der Waals surface area contributed by atoms with Crippen LogP contribution in [-0.4, -0.2) is 23.8 Å². The third kappa shape index (κ3) is 3.77. The van der Waals surface area contributed by atoms with Gasteiger partial charge in [-0.2, -0.15) is 0 Å². The number of aliphatic hydroxyl groups is 1. The summed E-state index contributed by atoms with van der Waals surface area (Å²) in [5.41, 5.74) is 1.10. The molecule has 0 aromatic heterocycles. The Kier molecular flexibility index (Phi) is 4.59. The molecule has 2 amide bonds. The van der Waals surface area contributed by atoms with E-state index in [-0.39, 0.29) is 12.1 Å². The van der Waals surface area contributed by atoms with Gasteiger partial charge < -0.3 is 15.7 Å². The van der Waals surface area contributed by atoms with Crippen LogP contribution in [0.15, 0.2) is 42.5 Å². The fourth-order valence-electron chi connectivity index (χ4n) is 2.73. The number of nitrogens with one attached hydrogen (secondary N) is 2. The average Bonchev–Trinajstić information content (AvgIpc) is 3.37. The fraction of sp³-hybridized carbons (Fsp3) is 0.389. The van der Waals surface area contributed by atoms with E-state index < -0.39 is 0 Å². The van der Waals surface area contributed by atoms with Gasteiger partial charge in [0.2, 0.25) is 0 Å². The zero-order valence-electron chi connectivity index (χ0n) is 12.6. The van der Waals surface area contributed by atoms with Crippen molar-refractivity contribution in [2.24, 2.45) is 5.92 Å². The van der Waals surface area contributed by atoms with Gasteiger partial charge in [-0.3, -0.25) is 0 Å². The molecule has 0 saturated heterocycles. The second-order valence-electron chi connectivity index (χ2n) is 5.94. The summed E-state index contributed by atoms with van der Waals surface area (Å²) in [6.07, 6.45) is 2.60. The van der Waals surface area contributed by atoms with Gasteiger partial charge >= 0.3 is 6.03 Å². The van der Waals surface area contributed by atoms with E-state index in [4.69, 9.17) is 0 Å². The number of hydrogen-bond acceptors (Lipinski definition) is 2. The molecule has 0 aliphatic heterocycles. The number of aliphatic hydroxyl groups excluding tert-OH is 1. The van der Waals surface area contributed by atoms with Crippen LogP contribution in [0.4, 0.5) is 4.79 Å². The van der Waals surface area contributed by atoms with Crippen molar-refractivity contribution in [3.8, 4) is 0 Å². The lowest BCUT2D eigenvalue weighted by atomic mass is 10.0. The Hall–Kier alpha value is -2.07. The molecule has 2 aromatic carbocycles. The number of carbonyl (C=O) groups excluding carboxylic acids is 1. The van der Waals surface area contributed by atoms with E-state index in [0.717, 1.165) is 23.8 Å². The van der Waals surface area contributed by atoms with E-state index in [9.17, 15) is 9.90 Å². The molecular formula is C18H22N2O2. The van der Waals surface area contributed by atoms with Crippen LogP contribution in [0.5, 0.6) is 0 Å². The average molecular weight is 298 g/mol. The van der Waals surface area contributed by atoms with Crippen LogP contribution in [0.3, 0.4) is 0 Å². The quantitative estimate of drug-likeness (QED) is 0.768. The highest BCUT2D eigenvalue weighted by molar-refractivity contribution is 5.86. The zero-order chi connectivity index (χ0) is 15.4. The van der Waals surface area contributed by atoms with Crippen LogP contribution < -0.4 is 10.6 Å². The van der Waals surface area contributed by atoms with Gasteiger partial charge in [0.05, 0.1) is 6.10 Å². The Morgan fingerprint density at radius 1 is 1.14 bits per heavy atom. The minimum absolute atomic E-state index is 0.184. The molecule has 0 spiro atoms. The van der Waals surface area contributed by atoms with E-state index in [1.165, 1.54) is 5.39 Å². The molecule has 0 radical (unpaired) electrons. The first-order valence-corrected chi connectivity index (χ1v) is 7.90. The first-order chi connectivity index (χ1) is 10.7.